The highest BCUT2D eigenvalue weighted by atomic mass is 15.2. The standard InChI is InChI=1S/C18H23N3/c1-2-7-17-14(5-1)8-11-18(20-17)21-12-4-3-6-16(21)13-19-15-9-10-15/h1-2,5,7-8,11,15-16,19H,3-4,6,9-10,12-13H2. The van der Waals surface area contributed by atoms with Gasteiger partial charge in [-0.05, 0) is 50.3 Å². The number of hydrogen-bond donors (Lipinski definition) is 1. The summed E-state index contributed by atoms with van der Waals surface area (Å²) >= 11 is 0. The van der Waals surface area contributed by atoms with E-state index in [9.17, 15) is 0 Å². The highest BCUT2D eigenvalue weighted by Crippen LogP contribution is 2.26. The maximum atomic E-state index is 4.89. The normalized spacial score (nSPS) is 22.7. The molecule has 2 fully saturated rings. The number of nitrogens with zero attached hydrogens (tertiary/aromatic N) is 2. The zero-order valence-electron chi connectivity index (χ0n) is 12.5. The van der Waals surface area contributed by atoms with E-state index < -0.39 is 0 Å². The lowest BCUT2D eigenvalue weighted by Crippen LogP contribution is -2.46. The van der Waals surface area contributed by atoms with Crippen molar-refractivity contribution in [2.24, 2.45) is 0 Å². The summed E-state index contributed by atoms with van der Waals surface area (Å²) in [4.78, 5) is 7.41. The van der Waals surface area contributed by atoms with Crippen LogP contribution in [0.4, 0.5) is 5.82 Å². The summed E-state index contributed by atoms with van der Waals surface area (Å²) in [6.07, 6.45) is 6.64. The molecule has 2 aromatic rings. The summed E-state index contributed by atoms with van der Waals surface area (Å²) in [5.41, 5.74) is 1.11. The molecule has 2 heterocycles. The van der Waals surface area contributed by atoms with Crippen LogP contribution < -0.4 is 10.2 Å². The minimum absolute atomic E-state index is 0.605. The molecule has 3 nitrogen and oxygen atoms in total. The Labute approximate surface area is 126 Å². The average Bonchev–Trinajstić information content (AvgIpc) is 3.37. The summed E-state index contributed by atoms with van der Waals surface area (Å²) in [7, 11) is 0. The van der Waals surface area contributed by atoms with Crippen molar-refractivity contribution in [2.45, 2.75) is 44.2 Å². The molecule has 3 heteroatoms. The highest BCUT2D eigenvalue weighted by Gasteiger charge is 2.27. The van der Waals surface area contributed by atoms with Gasteiger partial charge in [0, 0.05) is 30.6 Å². The molecule has 0 amide bonds. The van der Waals surface area contributed by atoms with Crippen molar-refractivity contribution in [1.29, 1.82) is 0 Å². The van der Waals surface area contributed by atoms with E-state index in [1.54, 1.807) is 0 Å². The summed E-state index contributed by atoms with van der Waals surface area (Å²) in [6.45, 7) is 2.25. The molecule has 1 atom stereocenters. The van der Waals surface area contributed by atoms with Gasteiger partial charge in [0.15, 0.2) is 0 Å². The lowest BCUT2D eigenvalue weighted by atomic mass is 10.0. The van der Waals surface area contributed by atoms with Crippen LogP contribution in [0.2, 0.25) is 0 Å². The maximum Gasteiger partial charge on any atom is 0.129 e. The van der Waals surface area contributed by atoms with Crippen LogP contribution in [0.3, 0.4) is 0 Å². The van der Waals surface area contributed by atoms with Crippen molar-refractivity contribution < 1.29 is 0 Å². The molecular formula is C18H23N3. The fourth-order valence-corrected chi connectivity index (χ4v) is 3.32. The highest BCUT2D eigenvalue weighted by molar-refractivity contribution is 5.80. The molecular weight excluding hydrogens is 258 g/mol. The van der Waals surface area contributed by atoms with Gasteiger partial charge in [-0.3, -0.25) is 0 Å². The average molecular weight is 281 g/mol. The van der Waals surface area contributed by atoms with Gasteiger partial charge in [0.25, 0.3) is 0 Å². The SMILES string of the molecule is c1ccc2nc(N3CCCCC3CNC3CC3)ccc2c1. The van der Waals surface area contributed by atoms with Gasteiger partial charge in [0.1, 0.15) is 5.82 Å². The molecule has 4 rings (SSSR count). The largest absolute Gasteiger partial charge is 0.352 e. The number of anilines is 1. The Bertz CT molecular complexity index is 621. The second kappa shape index (κ2) is 5.64. The number of nitrogens with one attached hydrogen (secondary N) is 1. The van der Waals surface area contributed by atoms with Crippen LogP contribution in [0.1, 0.15) is 32.1 Å². The second-order valence-corrected chi connectivity index (χ2v) is 6.39. The van der Waals surface area contributed by atoms with E-state index in [0.717, 1.165) is 30.5 Å². The van der Waals surface area contributed by atoms with E-state index in [-0.39, 0.29) is 0 Å². The molecule has 0 radical (unpaired) electrons. The van der Waals surface area contributed by atoms with Crippen molar-refractivity contribution in [3.8, 4) is 0 Å². The third-order valence-corrected chi connectivity index (χ3v) is 4.72. The van der Waals surface area contributed by atoms with Crippen molar-refractivity contribution in [3.63, 3.8) is 0 Å². The summed E-state index contributed by atoms with van der Waals surface area (Å²) in [5.74, 6) is 1.15. The van der Waals surface area contributed by atoms with Gasteiger partial charge in [-0.1, -0.05) is 18.2 Å². The van der Waals surface area contributed by atoms with Gasteiger partial charge in [0.05, 0.1) is 5.52 Å². The number of para-hydroxylation sites is 1. The van der Waals surface area contributed by atoms with E-state index in [2.05, 4.69) is 46.6 Å². The molecule has 1 aliphatic carbocycles. The molecule has 1 aromatic heterocycles. The van der Waals surface area contributed by atoms with Gasteiger partial charge in [-0.2, -0.15) is 0 Å². The molecule has 1 saturated carbocycles. The molecule has 0 bridgehead atoms. The fourth-order valence-electron chi connectivity index (χ4n) is 3.32. The van der Waals surface area contributed by atoms with Crippen LogP contribution >= 0.6 is 0 Å². The van der Waals surface area contributed by atoms with Gasteiger partial charge in [-0.25, -0.2) is 4.98 Å². The molecule has 1 saturated heterocycles. The van der Waals surface area contributed by atoms with E-state index in [0.29, 0.717) is 6.04 Å². The van der Waals surface area contributed by atoms with E-state index >= 15 is 0 Å². The van der Waals surface area contributed by atoms with Crippen molar-refractivity contribution in [2.75, 3.05) is 18.0 Å². The van der Waals surface area contributed by atoms with E-state index in [1.165, 1.54) is 37.5 Å². The van der Waals surface area contributed by atoms with Crippen LogP contribution in [0.15, 0.2) is 36.4 Å². The first kappa shape index (κ1) is 13.1. The number of rotatable bonds is 4. The lowest BCUT2D eigenvalue weighted by molar-refractivity contribution is 0.432. The predicted octanol–water partition coefficient (Wildman–Crippen LogP) is 3.35. The minimum atomic E-state index is 0.605. The Hall–Kier alpha value is -1.61. The first-order valence-corrected chi connectivity index (χ1v) is 8.26. The van der Waals surface area contributed by atoms with Crippen LogP contribution in [-0.4, -0.2) is 30.2 Å². The lowest BCUT2D eigenvalue weighted by Gasteiger charge is -2.37. The van der Waals surface area contributed by atoms with Gasteiger partial charge in [0.2, 0.25) is 0 Å². The smallest absolute Gasteiger partial charge is 0.129 e. The van der Waals surface area contributed by atoms with Crippen molar-refractivity contribution in [3.05, 3.63) is 36.4 Å². The number of benzene rings is 1. The Morgan fingerprint density at radius 1 is 1.05 bits per heavy atom. The Balaban J connectivity index is 1.57. The summed E-state index contributed by atoms with van der Waals surface area (Å²) in [5, 5.41) is 4.92. The molecule has 1 aliphatic heterocycles. The van der Waals surface area contributed by atoms with E-state index in [4.69, 9.17) is 4.98 Å². The molecule has 1 N–H and O–H groups in total. The zero-order chi connectivity index (χ0) is 14.1. The fraction of sp³-hybridized carbons (Fsp3) is 0.500. The molecule has 0 spiro atoms. The Morgan fingerprint density at radius 3 is 2.86 bits per heavy atom. The molecule has 2 aliphatic rings. The maximum absolute atomic E-state index is 4.89. The van der Waals surface area contributed by atoms with Crippen molar-refractivity contribution in [1.82, 2.24) is 10.3 Å². The number of fused-ring (bicyclic) bond motifs is 1. The molecule has 1 unspecified atom stereocenters. The van der Waals surface area contributed by atoms with Crippen LogP contribution in [0.25, 0.3) is 10.9 Å². The van der Waals surface area contributed by atoms with Gasteiger partial charge < -0.3 is 10.2 Å². The van der Waals surface area contributed by atoms with Crippen LogP contribution in [-0.2, 0) is 0 Å². The topological polar surface area (TPSA) is 28.2 Å². The zero-order valence-corrected chi connectivity index (χ0v) is 12.5. The molecule has 21 heavy (non-hydrogen) atoms. The summed E-state index contributed by atoms with van der Waals surface area (Å²) < 4.78 is 0. The molecule has 110 valence electrons. The molecule has 1 aromatic carbocycles. The van der Waals surface area contributed by atoms with Gasteiger partial charge in [-0.15, -0.1) is 0 Å². The summed E-state index contributed by atoms with van der Waals surface area (Å²) in [6, 6.07) is 14.2. The quantitative estimate of drug-likeness (QED) is 0.931. The Morgan fingerprint density at radius 2 is 1.95 bits per heavy atom. The van der Waals surface area contributed by atoms with Crippen LogP contribution in [0, 0.1) is 0 Å². The number of piperidine rings is 1. The third-order valence-electron chi connectivity index (χ3n) is 4.72. The monoisotopic (exact) mass is 281 g/mol. The Kier molecular flexibility index (Phi) is 3.52. The third kappa shape index (κ3) is 2.88. The number of pyridine rings is 1. The predicted molar refractivity (Wildman–Crippen MR) is 87.8 cm³/mol. The van der Waals surface area contributed by atoms with Crippen LogP contribution in [0.5, 0.6) is 0 Å². The van der Waals surface area contributed by atoms with Gasteiger partial charge >= 0.3 is 0 Å². The number of aromatic nitrogens is 1. The van der Waals surface area contributed by atoms with Crippen molar-refractivity contribution >= 4 is 16.7 Å². The second-order valence-electron chi connectivity index (χ2n) is 6.39. The first-order valence-electron chi connectivity index (χ1n) is 8.26. The number of hydrogen-bond acceptors (Lipinski definition) is 3. The first-order chi connectivity index (χ1) is 10.4. The minimum Gasteiger partial charge on any atom is -0.352 e. The van der Waals surface area contributed by atoms with E-state index in [1.807, 2.05) is 0 Å².